The second-order valence-corrected chi connectivity index (χ2v) is 8.22. The molecule has 2 N–H and O–H groups in total. The number of fused-ring (bicyclic) bond motifs is 1. The van der Waals surface area contributed by atoms with E-state index >= 15 is 0 Å². The van der Waals surface area contributed by atoms with E-state index in [9.17, 15) is 18.6 Å². The molecule has 1 aliphatic heterocycles. The van der Waals surface area contributed by atoms with Gasteiger partial charge in [0.15, 0.2) is 21.6 Å². The van der Waals surface area contributed by atoms with Crippen LogP contribution in [0.4, 0.5) is 5.69 Å². The molecule has 0 spiro atoms. The lowest BCUT2D eigenvalue weighted by atomic mass is 10.00. The molecule has 0 fully saturated rings. The third-order valence-electron chi connectivity index (χ3n) is 3.92. The third-order valence-corrected chi connectivity index (χ3v) is 5.03. The summed E-state index contributed by atoms with van der Waals surface area (Å²) in [6, 6.07) is 7.27. The summed E-state index contributed by atoms with van der Waals surface area (Å²) in [5.74, 6) is 0.292. The monoisotopic (exact) mass is 350 g/mol. The molecule has 0 saturated heterocycles. The van der Waals surface area contributed by atoms with Crippen LogP contribution >= 0.6 is 0 Å². The van der Waals surface area contributed by atoms with E-state index in [1.165, 1.54) is 28.8 Å². The molecule has 0 saturated carbocycles. The van der Waals surface area contributed by atoms with Crippen LogP contribution in [0.15, 0.2) is 40.2 Å². The predicted molar refractivity (Wildman–Crippen MR) is 89.1 cm³/mol. The van der Waals surface area contributed by atoms with Crippen LogP contribution in [-0.4, -0.2) is 40.8 Å². The van der Waals surface area contributed by atoms with Crippen LogP contribution in [0, 0.1) is 0 Å². The minimum atomic E-state index is -3.36. The van der Waals surface area contributed by atoms with Gasteiger partial charge in [-0.1, -0.05) is 0 Å². The number of hydrogen-bond donors (Lipinski definition) is 2. The van der Waals surface area contributed by atoms with Crippen molar-refractivity contribution in [2.24, 2.45) is 4.99 Å². The smallest absolute Gasteiger partial charge is 0.194 e. The van der Waals surface area contributed by atoms with E-state index in [1.807, 2.05) is 13.8 Å². The molecule has 0 atom stereocenters. The van der Waals surface area contributed by atoms with Crippen LogP contribution in [0.5, 0.6) is 17.5 Å². The average Bonchev–Trinajstić information content (AvgIpc) is 2.77. The Morgan fingerprint density at radius 2 is 1.79 bits per heavy atom. The number of aliphatic imine (C=N–C) groups is 1. The summed E-state index contributed by atoms with van der Waals surface area (Å²) >= 11 is 0. The van der Waals surface area contributed by atoms with Gasteiger partial charge in [-0.05, 0) is 32.0 Å². The molecule has 7 nitrogen and oxygen atoms in total. The van der Waals surface area contributed by atoms with Gasteiger partial charge in [-0.2, -0.15) is 0 Å². The van der Waals surface area contributed by atoms with Crippen LogP contribution in [0.3, 0.4) is 0 Å². The van der Waals surface area contributed by atoms with E-state index in [0.29, 0.717) is 17.1 Å². The van der Waals surface area contributed by atoms with Crippen molar-refractivity contribution in [3.8, 4) is 17.5 Å². The highest BCUT2D eigenvalue weighted by Crippen LogP contribution is 2.38. The van der Waals surface area contributed by atoms with Crippen LogP contribution < -0.4 is 4.74 Å². The summed E-state index contributed by atoms with van der Waals surface area (Å²) in [6.45, 7) is 3.74. The summed E-state index contributed by atoms with van der Waals surface area (Å²) in [5, 5.41) is 19.6. The topological polar surface area (TPSA) is 101 Å². The molecule has 2 aromatic rings. The second-order valence-electron chi connectivity index (χ2n) is 6.21. The fourth-order valence-electron chi connectivity index (χ4n) is 2.50. The summed E-state index contributed by atoms with van der Waals surface area (Å²) in [6.07, 6.45) is 1.13. The zero-order chi connectivity index (χ0) is 17.7. The Morgan fingerprint density at radius 3 is 2.38 bits per heavy atom. The molecule has 2 heterocycles. The zero-order valence-electron chi connectivity index (χ0n) is 13.5. The Balaban J connectivity index is 2.07. The molecule has 0 radical (unpaired) electrons. The third kappa shape index (κ3) is 2.84. The first kappa shape index (κ1) is 16.4. The standard InChI is InChI=1S/C16H18N2O5S/c1-16(2)13(9-18-14(19)6-7-15(18)20)17-11-8-10(24(3,21)22)4-5-12(11)23-16/h4-8,19-20H,9H2,1-3H3. The highest BCUT2D eigenvalue weighted by Gasteiger charge is 2.33. The Morgan fingerprint density at radius 1 is 1.17 bits per heavy atom. The fourth-order valence-corrected chi connectivity index (χ4v) is 3.14. The van der Waals surface area contributed by atoms with Crippen LogP contribution in [-0.2, 0) is 16.4 Å². The van der Waals surface area contributed by atoms with Crippen molar-refractivity contribution < 1.29 is 23.4 Å². The molecule has 0 aliphatic carbocycles. The molecule has 1 aromatic carbocycles. The molecule has 24 heavy (non-hydrogen) atoms. The molecule has 128 valence electrons. The normalized spacial score (nSPS) is 16.2. The predicted octanol–water partition coefficient (Wildman–Crippen LogP) is 2.25. The Labute approximate surface area is 139 Å². The van der Waals surface area contributed by atoms with Crippen LogP contribution in [0.25, 0.3) is 0 Å². The largest absolute Gasteiger partial charge is 0.494 e. The number of sulfone groups is 1. The average molecular weight is 350 g/mol. The highest BCUT2D eigenvalue weighted by molar-refractivity contribution is 7.90. The van der Waals surface area contributed by atoms with Crippen molar-refractivity contribution in [3.63, 3.8) is 0 Å². The summed E-state index contributed by atoms with van der Waals surface area (Å²) in [5.41, 5.74) is 0.170. The van der Waals surface area contributed by atoms with Crippen molar-refractivity contribution in [1.29, 1.82) is 0 Å². The van der Waals surface area contributed by atoms with Gasteiger partial charge in [-0.3, -0.25) is 4.57 Å². The zero-order valence-corrected chi connectivity index (χ0v) is 14.3. The number of aromatic hydroxyl groups is 2. The van der Waals surface area contributed by atoms with Gasteiger partial charge in [0.1, 0.15) is 17.0 Å². The highest BCUT2D eigenvalue weighted by atomic mass is 32.2. The van der Waals surface area contributed by atoms with Crippen LogP contribution in [0.2, 0.25) is 0 Å². The first-order valence-electron chi connectivity index (χ1n) is 7.26. The molecule has 0 amide bonds. The van der Waals surface area contributed by atoms with Crippen molar-refractivity contribution in [2.45, 2.75) is 30.9 Å². The lowest BCUT2D eigenvalue weighted by Crippen LogP contribution is -2.42. The first-order chi connectivity index (χ1) is 11.1. The lowest BCUT2D eigenvalue weighted by molar-refractivity contribution is 0.174. The van der Waals surface area contributed by atoms with Gasteiger partial charge in [0.25, 0.3) is 0 Å². The quantitative estimate of drug-likeness (QED) is 0.884. The minimum absolute atomic E-state index is 0.0957. The number of ether oxygens (including phenoxy) is 1. The number of nitrogens with zero attached hydrogens (tertiary/aromatic N) is 2. The maximum atomic E-state index is 11.7. The van der Waals surface area contributed by atoms with Gasteiger partial charge < -0.3 is 14.9 Å². The number of rotatable bonds is 3. The summed E-state index contributed by atoms with van der Waals surface area (Å²) in [4.78, 5) is 4.67. The number of benzene rings is 1. The molecule has 0 unspecified atom stereocenters. The van der Waals surface area contributed by atoms with Gasteiger partial charge >= 0.3 is 0 Å². The van der Waals surface area contributed by atoms with E-state index < -0.39 is 15.4 Å². The maximum absolute atomic E-state index is 11.7. The Kier molecular flexibility index (Phi) is 3.60. The van der Waals surface area contributed by atoms with Crippen molar-refractivity contribution in [3.05, 3.63) is 30.3 Å². The second kappa shape index (κ2) is 5.27. The molecule has 8 heteroatoms. The van der Waals surface area contributed by atoms with E-state index in [4.69, 9.17) is 4.74 Å². The maximum Gasteiger partial charge on any atom is 0.194 e. The van der Waals surface area contributed by atoms with Gasteiger partial charge in [-0.15, -0.1) is 0 Å². The minimum Gasteiger partial charge on any atom is -0.494 e. The molecular weight excluding hydrogens is 332 g/mol. The van der Waals surface area contributed by atoms with Crippen molar-refractivity contribution in [2.75, 3.05) is 6.26 Å². The van der Waals surface area contributed by atoms with Gasteiger partial charge in [-0.25, -0.2) is 13.4 Å². The van der Waals surface area contributed by atoms with E-state index in [-0.39, 0.29) is 23.2 Å². The van der Waals surface area contributed by atoms with Crippen molar-refractivity contribution in [1.82, 2.24) is 4.57 Å². The fraction of sp³-hybridized carbons (Fsp3) is 0.312. The summed E-state index contributed by atoms with van der Waals surface area (Å²) in [7, 11) is -3.36. The Hall–Kier alpha value is -2.48. The Bertz CT molecular complexity index is 922. The van der Waals surface area contributed by atoms with Gasteiger partial charge in [0.05, 0.1) is 17.2 Å². The molecule has 1 aromatic heterocycles. The molecule has 1 aliphatic rings. The van der Waals surface area contributed by atoms with Crippen molar-refractivity contribution >= 4 is 21.2 Å². The molecule has 0 bridgehead atoms. The van der Waals surface area contributed by atoms with E-state index in [0.717, 1.165) is 6.26 Å². The molecular formula is C16H18N2O5S. The first-order valence-corrected chi connectivity index (χ1v) is 9.16. The summed E-state index contributed by atoms with van der Waals surface area (Å²) < 4.78 is 30.6. The van der Waals surface area contributed by atoms with Gasteiger partial charge in [0.2, 0.25) is 0 Å². The number of hydrogen-bond acceptors (Lipinski definition) is 6. The molecule has 3 rings (SSSR count). The van der Waals surface area contributed by atoms with E-state index in [2.05, 4.69) is 4.99 Å². The van der Waals surface area contributed by atoms with Crippen LogP contribution in [0.1, 0.15) is 13.8 Å². The van der Waals surface area contributed by atoms with E-state index in [1.54, 1.807) is 6.07 Å². The number of aromatic nitrogens is 1. The lowest BCUT2D eigenvalue weighted by Gasteiger charge is -2.33. The van der Waals surface area contributed by atoms with Gasteiger partial charge in [0, 0.05) is 18.4 Å². The SMILES string of the molecule is CC1(C)Oc2ccc(S(C)(=O)=O)cc2N=C1Cn1c(O)ccc1O.